The Morgan fingerprint density at radius 3 is 2.89 bits per heavy atom. The molecule has 0 saturated heterocycles. The first-order valence-electron chi connectivity index (χ1n) is 5.72. The Bertz CT molecular complexity index is 522. The Morgan fingerprint density at radius 2 is 2.22 bits per heavy atom. The van der Waals surface area contributed by atoms with Crippen LogP contribution in [0.15, 0.2) is 36.7 Å². The van der Waals surface area contributed by atoms with Gasteiger partial charge in [-0.1, -0.05) is 18.2 Å². The molecule has 5 heteroatoms. The number of imidazole rings is 1. The van der Waals surface area contributed by atoms with Crippen LogP contribution in [0.4, 0.5) is 5.69 Å². The molecule has 1 heterocycles. The molecule has 0 saturated carbocycles. The number of hydrogen-bond acceptors (Lipinski definition) is 3. The van der Waals surface area contributed by atoms with E-state index in [2.05, 4.69) is 9.97 Å². The third-order valence-electron chi connectivity index (χ3n) is 2.76. The fourth-order valence-electron chi connectivity index (χ4n) is 1.69. The van der Waals surface area contributed by atoms with Crippen LogP contribution in [0.3, 0.4) is 0 Å². The number of benzene rings is 1. The number of carbonyl (C=O) groups excluding carboxylic acids is 1. The van der Waals surface area contributed by atoms with Crippen molar-refractivity contribution in [1.29, 1.82) is 0 Å². The Kier molecular flexibility index (Phi) is 3.62. The van der Waals surface area contributed by atoms with Gasteiger partial charge in [0.15, 0.2) is 0 Å². The van der Waals surface area contributed by atoms with Crippen molar-refractivity contribution < 1.29 is 4.79 Å². The summed E-state index contributed by atoms with van der Waals surface area (Å²) in [7, 11) is 1.75. The number of aromatic amines is 1. The second-order valence-electron chi connectivity index (χ2n) is 4.16. The van der Waals surface area contributed by atoms with E-state index in [0.717, 1.165) is 11.4 Å². The largest absolute Gasteiger partial charge is 0.398 e. The molecule has 0 atom stereocenters. The maximum Gasteiger partial charge on any atom is 0.227 e. The SMILES string of the molecule is CN(Cc1ncc[nH]1)C(=O)Cc1ccccc1N. The number of amides is 1. The zero-order valence-electron chi connectivity index (χ0n) is 10.3. The number of rotatable bonds is 4. The number of nitrogen functional groups attached to an aromatic ring is 1. The van der Waals surface area contributed by atoms with Crippen molar-refractivity contribution in [3.8, 4) is 0 Å². The monoisotopic (exact) mass is 244 g/mol. The van der Waals surface area contributed by atoms with Gasteiger partial charge >= 0.3 is 0 Å². The van der Waals surface area contributed by atoms with Crippen LogP contribution in [0.5, 0.6) is 0 Å². The van der Waals surface area contributed by atoms with E-state index in [9.17, 15) is 4.79 Å². The minimum atomic E-state index is 0.0179. The summed E-state index contributed by atoms with van der Waals surface area (Å²) in [5.74, 6) is 0.788. The molecule has 0 aliphatic heterocycles. The topological polar surface area (TPSA) is 75.0 Å². The van der Waals surface area contributed by atoms with Crippen LogP contribution in [-0.4, -0.2) is 27.8 Å². The minimum Gasteiger partial charge on any atom is -0.398 e. The van der Waals surface area contributed by atoms with Crippen molar-refractivity contribution in [3.63, 3.8) is 0 Å². The molecule has 0 unspecified atom stereocenters. The number of nitrogens with two attached hydrogens (primary N) is 1. The minimum absolute atomic E-state index is 0.0179. The van der Waals surface area contributed by atoms with E-state index in [1.165, 1.54) is 0 Å². The Hall–Kier alpha value is -2.30. The number of anilines is 1. The van der Waals surface area contributed by atoms with Crippen molar-refractivity contribution in [2.75, 3.05) is 12.8 Å². The maximum absolute atomic E-state index is 12.0. The highest BCUT2D eigenvalue weighted by molar-refractivity contribution is 5.80. The third kappa shape index (κ3) is 2.88. The molecule has 94 valence electrons. The second kappa shape index (κ2) is 5.35. The van der Waals surface area contributed by atoms with Gasteiger partial charge in [0.05, 0.1) is 13.0 Å². The maximum atomic E-state index is 12.0. The third-order valence-corrected chi connectivity index (χ3v) is 2.76. The molecule has 5 nitrogen and oxygen atoms in total. The molecule has 0 radical (unpaired) electrons. The van der Waals surface area contributed by atoms with E-state index in [4.69, 9.17) is 5.73 Å². The van der Waals surface area contributed by atoms with Gasteiger partial charge in [0.25, 0.3) is 0 Å². The van der Waals surface area contributed by atoms with Gasteiger partial charge in [0.1, 0.15) is 5.82 Å². The van der Waals surface area contributed by atoms with Crippen molar-refractivity contribution in [2.24, 2.45) is 0 Å². The number of H-pyrrole nitrogens is 1. The first-order chi connectivity index (χ1) is 8.66. The van der Waals surface area contributed by atoms with Gasteiger partial charge in [-0.15, -0.1) is 0 Å². The van der Waals surface area contributed by atoms with Gasteiger partial charge in [-0.2, -0.15) is 0 Å². The van der Waals surface area contributed by atoms with Gasteiger partial charge in [0.2, 0.25) is 5.91 Å². The molecule has 2 aromatic rings. The standard InChI is InChI=1S/C13H16N4O/c1-17(9-12-15-6-7-16-12)13(18)8-10-4-2-3-5-11(10)14/h2-7H,8-9,14H2,1H3,(H,15,16). The van der Waals surface area contributed by atoms with Crippen LogP contribution < -0.4 is 5.73 Å². The molecule has 0 aliphatic rings. The van der Waals surface area contributed by atoms with Crippen LogP contribution in [0.2, 0.25) is 0 Å². The molecular formula is C13H16N4O. The lowest BCUT2D eigenvalue weighted by atomic mass is 10.1. The number of nitrogens with one attached hydrogen (secondary N) is 1. The Balaban J connectivity index is 1.98. The van der Waals surface area contributed by atoms with E-state index in [0.29, 0.717) is 18.7 Å². The second-order valence-corrected chi connectivity index (χ2v) is 4.16. The number of aromatic nitrogens is 2. The zero-order valence-corrected chi connectivity index (χ0v) is 10.3. The predicted molar refractivity (Wildman–Crippen MR) is 69.6 cm³/mol. The lowest BCUT2D eigenvalue weighted by molar-refractivity contribution is -0.129. The molecule has 1 amide bonds. The van der Waals surface area contributed by atoms with Crippen molar-refractivity contribution in [1.82, 2.24) is 14.9 Å². The molecule has 0 aliphatic carbocycles. The highest BCUT2D eigenvalue weighted by atomic mass is 16.2. The number of para-hydroxylation sites is 1. The van der Waals surface area contributed by atoms with Gasteiger partial charge < -0.3 is 15.6 Å². The normalized spacial score (nSPS) is 10.3. The van der Waals surface area contributed by atoms with Gasteiger partial charge in [-0.25, -0.2) is 4.98 Å². The molecule has 0 spiro atoms. The summed E-state index contributed by atoms with van der Waals surface area (Å²) in [6.07, 6.45) is 3.72. The fourth-order valence-corrected chi connectivity index (χ4v) is 1.69. The first kappa shape index (κ1) is 12.2. The zero-order chi connectivity index (χ0) is 13.0. The van der Waals surface area contributed by atoms with E-state index < -0.39 is 0 Å². The predicted octanol–water partition coefficient (Wildman–Crippen LogP) is 1.19. The highest BCUT2D eigenvalue weighted by Crippen LogP contribution is 2.12. The lowest BCUT2D eigenvalue weighted by Crippen LogP contribution is -2.28. The molecule has 2 rings (SSSR count). The summed E-state index contributed by atoms with van der Waals surface area (Å²) < 4.78 is 0. The van der Waals surface area contributed by atoms with E-state index in [-0.39, 0.29) is 5.91 Å². The summed E-state index contributed by atoms with van der Waals surface area (Å²) in [6, 6.07) is 7.41. The molecule has 0 fully saturated rings. The van der Waals surface area contributed by atoms with Gasteiger partial charge in [0, 0.05) is 25.1 Å². The summed E-state index contributed by atoms with van der Waals surface area (Å²) >= 11 is 0. The van der Waals surface area contributed by atoms with E-state index >= 15 is 0 Å². The number of nitrogens with zero attached hydrogens (tertiary/aromatic N) is 2. The summed E-state index contributed by atoms with van der Waals surface area (Å²) in [4.78, 5) is 20.7. The highest BCUT2D eigenvalue weighted by Gasteiger charge is 2.12. The quantitative estimate of drug-likeness (QED) is 0.793. The number of hydrogen-bond donors (Lipinski definition) is 2. The number of carbonyl (C=O) groups is 1. The van der Waals surface area contributed by atoms with Crippen molar-refractivity contribution >= 4 is 11.6 Å². The molecule has 1 aromatic heterocycles. The Labute approximate surface area is 106 Å². The van der Waals surface area contributed by atoms with Crippen LogP contribution in [0.25, 0.3) is 0 Å². The number of likely N-dealkylation sites (N-methyl/N-ethyl adjacent to an activating group) is 1. The summed E-state index contributed by atoms with van der Waals surface area (Å²) in [5.41, 5.74) is 7.32. The van der Waals surface area contributed by atoms with Crippen molar-refractivity contribution in [2.45, 2.75) is 13.0 Å². The van der Waals surface area contributed by atoms with Crippen LogP contribution in [0.1, 0.15) is 11.4 Å². The first-order valence-corrected chi connectivity index (χ1v) is 5.72. The van der Waals surface area contributed by atoms with Crippen LogP contribution >= 0.6 is 0 Å². The average molecular weight is 244 g/mol. The van der Waals surface area contributed by atoms with Crippen LogP contribution in [-0.2, 0) is 17.8 Å². The van der Waals surface area contributed by atoms with Gasteiger partial charge in [-0.3, -0.25) is 4.79 Å². The molecule has 18 heavy (non-hydrogen) atoms. The van der Waals surface area contributed by atoms with Gasteiger partial charge in [-0.05, 0) is 11.6 Å². The van der Waals surface area contributed by atoms with E-state index in [1.807, 2.05) is 18.2 Å². The smallest absolute Gasteiger partial charge is 0.227 e. The average Bonchev–Trinajstić information content (AvgIpc) is 2.84. The fraction of sp³-hybridized carbons (Fsp3) is 0.231. The molecular weight excluding hydrogens is 228 g/mol. The molecule has 0 bridgehead atoms. The van der Waals surface area contributed by atoms with Crippen molar-refractivity contribution in [3.05, 3.63) is 48.0 Å². The van der Waals surface area contributed by atoms with Crippen LogP contribution in [0, 0.1) is 0 Å². The van der Waals surface area contributed by atoms with E-state index in [1.54, 1.807) is 30.4 Å². The molecule has 1 aromatic carbocycles. The Morgan fingerprint density at radius 1 is 1.44 bits per heavy atom. The summed E-state index contributed by atoms with van der Waals surface area (Å²) in [6.45, 7) is 0.471. The molecule has 3 N–H and O–H groups in total. The summed E-state index contributed by atoms with van der Waals surface area (Å²) in [5, 5.41) is 0. The lowest BCUT2D eigenvalue weighted by Gasteiger charge is -2.16.